The maximum absolute atomic E-state index is 6.41. The Morgan fingerprint density at radius 3 is 2.28 bits per heavy atom. The number of methoxy groups -OCH3 is 1. The standard InChI is InChI=1S/C27H31ClN2O2/c1-31-25-11-6-12-26(20-25)32-27(23-9-5-10-24(28)19-23)13-14-29-15-17-30(18-16-29)21-22-7-3-2-4-8-22/h2-12,19-20,27H,13-18,21H2,1H3/t27-/m1/s1. The number of halogens is 1. The van der Waals surface area contributed by atoms with E-state index in [2.05, 4.69) is 46.2 Å². The summed E-state index contributed by atoms with van der Waals surface area (Å²) < 4.78 is 11.8. The Bertz CT molecular complexity index is 974. The van der Waals surface area contributed by atoms with Crippen molar-refractivity contribution < 1.29 is 9.47 Å². The molecule has 4 rings (SSSR count). The fraction of sp³-hybridized carbons (Fsp3) is 0.333. The molecule has 0 aliphatic carbocycles. The van der Waals surface area contributed by atoms with Crippen LogP contribution in [0.4, 0.5) is 0 Å². The lowest BCUT2D eigenvalue weighted by Crippen LogP contribution is -2.46. The minimum atomic E-state index is -0.0665. The highest BCUT2D eigenvalue weighted by Gasteiger charge is 2.20. The third-order valence-electron chi connectivity index (χ3n) is 5.96. The minimum absolute atomic E-state index is 0.0665. The first-order valence-corrected chi connectivity index (χ1v) is 11.6. The SMILES string of the molecule is COc1cccc(O[C@H](CCN2CCN(Cc3ccccc3)CC2)c2cccc(Cl)c2)c1. The Labute approximate surface area is 196 Å². The van der Waals surface area contributed by atoms with Crippen LogP contribution in [-0.2, 0) is 6.54 Å². The number of nitrogens with zero attached hydrogens (tertiary/aromatic N) is 2. The number of rotatable bonds is 9. The van der Waals surface area contributed by atoms with Gasteiger partial charge in [-0.2, -0.15) is 0 Å². The van der Waals surface area contributed by atoms with Crippen LogP contribution in [0, 0.1) is 0 Å². The monoisotopic (exact) mass is 450 g/mol. The van der Waals surface area contributed by atoms with Gasteiger partial charge in [-0.15, -0.1) is 0 Å². The topological polar surface area (TPSA) is 24.9 Å². The molecule has 3 aromatic carbocycles. The van der Waals surface area contributed by atoms with Crippen LogP contribution in [0.1, 0.15) is 23.7 Å². The van der Waals surface area contributed by atoms with Crippen LogP contribution < -0.4 is 9.47 Å². The second-order valence-electron chi connectivity index (χ2n) is 8.23. The third-order valence-corrected chi connectivity index (χ3v) is 6.20. The lowest BCUT2D eigenvalue weighted by atomic mass is 10.1. The quantitative estimate of drug-likeness (QED) is 0.419. The van der Waals surface area contributed by atoms with Crippen LogP contribution in [-0.4, -0.2) is 49.6 Å². The van der Waals surface area contributed by atoms with Crippen molar-refractivity contribution in [2.45, 2.75) is 19.1 Å². The molecule has 0 spiro atoms. The van der Waals surface area contributed by atoms with Crippen molar-refractivity contribution in [2.24, 2.45) is 0 Å². The highest BCUT2D eigenvalue weighted by Crippen LogP contribution is 2.29. The fourth-order valence-corrected chi connectivity index (χ4v) is 4.35. The number of piperazine rings is 1. The second kappa shape index (κ2) is 11.4. The Morgan fingerprint density at radius 1 is 0.812 bits per heavy atom. The van der Waals surface area contributed by atoms with Gasteiger partial charge in [0.15, 0.2) is 0 Å². The van der Waals surface area contributed by atoms with Gasteiger partial charge < -0.3 is 14.4 Å². The van der Waals surface area contributed by atoms with Crippen molar-refractivity contribution in [3.63, 3.8) is 0 Å². The van der Waals surface area contributed by atoms with Crippen LogP contribution in [0.3, 0.4) is 0 Å². The Kier molecular flexibility index (Phi) is 8.05. The van der Waals surface area contributed by atoms with Gasteiger partial charge in [-0.1, -0.05) is 60.1 Å². The van der Waals surface area contributed by atoms with E-state index in [0.29, 0.717) is 0 Å². The first-order valence-electron chi connectivity index (χ1n) is 11.2. The molecule has 0 saturated carbocycles. The molecule has 32 heavy (non-hydrogen) atoms. The molecule has 0 N–H and O–H groups in total. The average Bonchev–Trinajstić information content (AvgIpc) is 2.83. The summed E-state index contributed by atoms with van der Waals surface area (Å²) in [6.07, 6.45) is 0.833. The molecule has 168 valence electrons. The summed E-state index contributed by atoms with van der Waals surface area (Å²) in [6, 6.07) is 26.5. The van der Waals surface area contributed by atoms with E-state index in [-0.39, 0.29) is 6.10 Å². The normalized spacial score (nSPS) is 15.9. The Balaban J connectivity index is 1.35. The van der Waals surface area contributed by atoms with Gasteiger partial charge in [-0.25, -0.2) is 0 Å². The van der Waals surface area contributed by atoms with E-state index in [1.165, 1.54) is 5.56 Å². The zero-order chi connectivity index (χ0) is 22.2. The van der Waals surface area contributed by atoms with E-state index in [1.807, 2.05) is 42.5 Å². The molecular formula is C27H31ClN2O2. The van der Waals surface area contributed by atoms with Crippen LogP contribution >= 0.6 is 11.6 Å². The summed E-state index contributed by atoms with van der Waals surface area (Å²) >= 11 is 6.28. The average molecular weight is 451 g/mol. The molecule has 1 aliphatic rings. The number of ether oxygens (including phenoxy) is 2. The highest BCUT2D eigenvalue weighted by molar-refractivity contribution is 6.30. The lowest BCUT2D eigenvalue weighted by molar-refractivity contribution is 0.107. The summed E-state index contributed by atoms with van der Waals surface area (Å²) in [5.74, 6) is 1.60. The van der Waals surface area contributed by atoms with Gasteiger partial charge in [0, 0.05) is 56.8 Å². The molecule has 1 atom stereocenters. The van der Waals surface area contributed by atoms with Crippen molar-refractivity contribution in [1.82, 2.24) is 9.80 Å². The first-order chi connectivity index (χ1) is 15.7. The molecule has 0 bridgehead atoms. The molecule has 1 heterocycles. The van der Waals surface area contributed by atoms with Gasteiger partial charge in [-0.3, -0.25) is 4.90 Å². The van der Waals surface area contributed by atoms with E-state index in [1.54, 1.807) is 7.11 Å². The number of benzene rings is 3. The molecular weight excluding hydrogens is 420 g/mol. The lowest BCUT2D eigenvalue weighted by Gasteiger charge is -2.35. The summed E-state index contributed by atoms with van der Waals surface area (Å²) in [6.45, 7) is 6.35. The maximum Gasteiger partial charge on any atom is 0.125 e. The van der Waals surface area contributed by atoms with Crippen molar-refractivity contribution in [1.29, 1.82) is 0 Å². The van der Waals surface area contributed by atoms with Gasteiger partial charge in [0.2, 0.25) is 0 Å². The molecule has 4 nitrogen and oxygen atoms in total. The molecule has 3 aromatic rings. The van der Waals surface area contributed by atoms with Gasteiger partial charge in [0.1, 0.15) is 17.6 Å². The third kappa shape index (κ3) is 6.49. The highest BCUT2D eigenvalue weighted by atomic mass is 35.5. The zero-order valence-electron chi connectivity index (χ0n) is 18.6. The molecule has 1 fully saturated rings. The van der Waals surface area contributed by atoms with E-state index < -0.39 is 0 Å². The second-order valence-corrected chi connectivity index (χ2v) is 8.67. The van der Waals surface area contributed by atoms with Crippen LogP contribution in [0.5, 0.6) is 11.5 Å². The first kappa shape index (κ1) is 22.7. The zero-order valence-corrected chi connectivity index (χ0v) is 19.4. The van der Waals surface area contributed by atoms with E-state index in [0.717, 1.165) is 67.8 Å². The smallest absolute Gasteiger partial charge is 0.125 e. The molecule has 1 aliphatic heterocycles. The van der Waals surface area contributed by atoms with Gasteiger partial charge >= 0.3 is 0 Å². The summed E-state index contributed by atoms with van der Waals surface area (Å²) in [5.41, 5.74) is 2.48. The van der Waals surface area contributed by atoms with Crippen molar-refractivity contribution in [2.75, 3.05) is 39.8 Å². The summed E-state index contributed by atoms with van der Waals surface area (Å²) in [4.78, 5) is 5.07. The molecule has 0 radical (unpaired) electrons. The largest absolute Gasteiger partial charge is 0.497 e. The predicted octanol–water partition coefficient (Wildman–Crippen LogP) is 5.68. The van der Waals surface area contributed by atoms with Gasteiger partial charge in [0.05, 0.1) is 7.11 Å². The van der Waals surface area contributed by atoms with Crippen LogP contribution in [0.15, 0.2) is 78.9 Å². The Morgan fingerprint density at radius 2 is 1.53 bits per heavy atom. The van der Waals surface area contributed by atoms with E-state index >= 15 is 0 Å². The molecule has 0 aromatic heterocycles. The van der Waals surface area contributed by atoms with Crippen molar-refractivity contribution in [3.8, 4) is 11.5 Å². The fourth-order valence-electron chi connectivity index (χ4n) is 4.15. The molecule has 0 unspecified atom stereocenters. The van der Waals surface area contributed by atoms with Crippen molar-refractivity contribution in [3.05, 3.63) is 95.0 Å². The molecule has 0 amide bonds. The van der Waals surface area contributed by atoms with Crippen molar-refractivity contribution >= 4 is 11.6 Å². The minimum Gasteiger partial charge on any atom is -0.497 e. The van der Waals surface area contributed by atoms with Gasteiger partial charge in [0.25, 0.3) is 0 Å². The summed E-state index contributed by atoms with van der Waals surface area (Å²) in [5, 5.41) is 0.733. The van der Waals surface area contributed by atoms with Gasteiger partial charge in [-0.05, 0) is 35.4 Å². The molecule has 5 heteroatoms. The predicted molar refractivity (Wildman–Crippen MR) is 131 cm³/mol. The van der Waals surface area contributed by atoms with E-state index in [4.69, 9.17) is 21.1 Å². The maximum atomic E-state index is 6.41. The van der Waals surface area contributed by atoms with E-state index in [9.17, 15) is 0 Å². The Hall–Kier alpha value is -2.53. The number of hydrogen-bond donors (Lipinski definition) is 0. The number of hydrogen-bond acceptors (Lipinski definition) is 4. The molecule has 1 saturated heterocycles. The summed E-state index contributed by atoms with van der Waals surface area (Å²) in [7, 11) is 1.67. The van der Waals surface area contributed by atoms with Crippen LogP contribution in [0.25, 0.3) is 0 Å². The van der Waals surface area contributed by atoms with Crippen LogP contribution in [0.2, 0.25) is 5.02 Å².